The summed E-state index contributed by atoms with van der Waals surface area (Å²) in [5.74, 6) is 6.88. The molecule has 1 aromatic heterocycles. The Morgan fingerprint density at radius 2 is 2.05 bits per heavy atom. The summed E-state index contributed by atoms with van der Waals surface area (Å²) >= 11 is 1.55. The maximum absolute atomic E-state index is 13.7. The molecule has 0 bridgehead atoms. The summed E-state index contributed by atoms with van der Waals surface area (Å²) in [6.07, 6.45) is 3.48. The zero-order valence-corrected chi connectivity index (χ0v) is 11.7. The second-order valence-electron chi connectivity index (χ2n) is 4.21. The summed E-state index contributed by atoms with van der Waals surface area (Å²) in [6, 6.07) is 6.42. The molecule has 0 amide bonds. The molecule has 0 aliphatic carbocycles. The highest BCUT2D eigenvalue weighted by molar-refractivity contribution is 7.99. The second-order valence-corrected chi connectivity index (χ2v) is 5.27. The SMILES string of the molecule is CCCCCSc1nnc(-c2ccccc2F)n1N. The summed E-state index contributed by atoms with van der Waals surface area (Å²) in [5.41, 5.74) is 0.373. The van der Waals surface area contributed by atoms with E-state index in [1.165, 1.54) is 23.6 Å². The van der Waals surface area contributed by atoms with Crippen LogP contribution >= 0.6 is 11.8 Å². The van der Waals surface area contributed by atoms with Crippen LogP contribution in [-0.4, -0.2) is 20.6 Å². The van der Waals surface area contributed by atoms with Gasteiger partial charge in [-0.2, -0.15) is 0 Å². The molecule has 0 aliphatic rings. The fourth-order valence-electron chi connectivity index (χ4n) is 1.72. The normalized spacial score (nSPS) is 10.8. The monoisotopic (exact) mass is 280 g/mol. The molecule has 0 fully saturated rings. The number of nitrogen functional groups attached to an aromatic ring is 1. The van der Waals surface area contributed by atoms with Gasteiger partial charge in [-0.3, -0.25) is 0 Å². The highest BCUT2D eigenvalue weighted by atomic mass is 32.2. The lowest BCUT2D eigenvalue weighted by molar-refractivity contribution is 0.629. The number of nitrogens with zero attached hydrogens (tertiary/aromatic N) is 3. The van der Waals surface area contributed by atoms with Gasteiger partial charge in [0.15, 0.2) is 5.82 Å². The molecule has 0 radical (unpaired) electrons. The molecule has 0 spiro atoms. The van der Waals surface area contributed by atoms with Gasteiger partial charge >= 0.3 is 0 Å². The minimum atomic E-state index is -0.343. The first-order chi connectivity index (χ1) is 9.24. The fourth-order valence-corrected chi connectivity index (χ4v) is 2.57. The summed E-state index contributed by atoms with van der Waals surface area (Å²) in [4.78, 5) is 0. The Morgan fingerprint density at radius 1 is 1.26 bits per heavy atom. The number of rotatable bonds is 6. The molecule has 0 unspecified atom stereocenters. The van der Waals surface area contributed by atoms with E-state index in [0.29, 0.717) is 16.5 Å². The second kappa shape index (κ2) is 6.56. The van der Waals surface area contributed by atoms with Crippen molar-refractivity contribution in [2.45, 2.75) is 31.3 Å². The minimum Gasteiger partial charge on any atom is -0.335 e. The zero-order chi connectivity index (χ0) is 13.7. The third-order valence-corrected chi connectivity index (χ3v) is 3.79. The number of benzene rings is 1. The smallest absolute Gasteiger partial charge is 0.210 e. The van der Waals surface area contributed by atoms with E-state index in [-0.39, 0.29) is 5.82 Å². The molecular formula is C13H17FN4S. The quantitative estimate of drug-likeness (QED) is 0.502. The van der Waals surface area contributed by atoms with Crippen molar-refractivity contribution in [2.75, 3.05) is 11.6 Å². The number of halogens is 1. The molecule has 0 saturated carbocycles. The lowest BCUT2D eigenvalue weighted by atomic mass is 10.2. The molecule has 1 aromatic carbocycles. The Bertz CT molecular complexity index is 541. The van der Waals surface area contributed by atoms with Gasteiger partial charge in [0.05, 0.1) is 5.56 Å². The zero-order valence-electron chi connectivity index (χ0n) is 10.8. The van der Waals surface area contributed by atoms with Crippen molar-refractivity contribution in [3.8, 4) is 11.4 Å². The lowest BCUT2D eigenvalue weighted by Gasteiger charge is -2.04. The van der Waals surface area contributed by atoms with Crippen molar-refractivity contribution in [1.82, 2.24) is 14.9 Å². The number of nitrogens with two attached hydrogens (primary N) is 1. The van der Waals surface area contributed by atoms with Gasteiger partial charge < -0.3 is 5.84 Å². The van der Waals surface area contributed by atoms with Gasteiger partial charge in [0.25, 0.3) is 0 Å². The Balaban J connectivity index is 2.12. The van der Waals surface area contributed by atoms with Crippen LogP contribution in [0.15, 0.2) is 29.4 Å². The van der Waals surface area contributed by atoms with E-state index in [2.05, 4.69) is 17.1 Å². The summed E-state index contributed by atoms with van der Waals surface area (Å²) in [7, 11) is 0. The van der Waals surface area contributed by atoms with Crippen molar-refractivity contribution in [3.05, 3.63) is 30.1 Å². The molecule has 6 heteroatoms. The van der Waals surface area contributed by atoms with Crippen molar-refractivity contribution >= 4 is 11.8 Å². The minimum absolute atomic E-state index is 0.343. The van der Waals surface area contributed by atoms with Gasteiger partial charge in [-0.15, -0.1) is 10.2 Å². The third kappa shape index (κ3) is 3.26. The molecule has 102 valence electrons. The molecule has 2 N–H and O–H groups in total. The van der Waals surface area contributed by atoms with Crippen LogP contribution in [0.1, 0.15) is 26.2 Å². The number of thioether (sulfide) groups is 1. The number of unbranched alkanes of at least 4 members (excludes halogenated alkanes) is 2. The first kappa shape index (κ1) is 13.9. The number of aromatic nitrogens is 3. The van der Waals surface area contributed by atoms with Crippen LogP contribution in [0, 0.1) is 5.82 Å². The van der Waals surface area contributed by atoms with E-state index in [1.54, 1.807) is 30.0 Å². The third-order valence-electron chi connectivity index (χ3n) is 2.76. The first-order valence-corrected chi connectivity index (χ1v) is 7.30. The van der Waals surface area contributed by atoms with Crippen LogP contribution in [0.4, 0.5) is 4.39 Å². The molecule has 0 saturated heterocycles. The largest absolute Gasteiger partial charge is 0.335 e. The molecule has 2 aromatic rings. The fraction of sp³-hybridized carbons (Fsp3) is 0.385. The average molecular weight is 280 g/mol. The summed E-state index contributed by atoms with van der Waals surface area (Å²) < 4.78 is 15.0. The average Bonchev–Trinajstić information content (AvgIpc) is 2.77. The van der Waals surface area contributed by atoms with Gasteiger partial charge in [0, 0.05) is 5.75 Å². The molecule has 4 nitrogen and oxygen atoms in total. The number of hydrogen-bond acceptors (Lipinski definition) is 4. The van der Waals surface area contributed by atoms with Crippen LogP contribution in [-0.2, 0) is 0 Å². The van der Waals surface area contributed by atoms with Crippen LogP contribution in [0.5, 0.6) is 0 Å². The highest BCUT2D eigenvalue weighted by Crippen LogP contribution is 2.24. The van der Waals surface area contributed by atoms with Crippen LogP contribution in [0.2, 0.25) is 0 Å². The molecular weight excluding hydrogens is 263 g/mol. The van der Waals surface area contributed by atoms with E-state index in [0.717, 1.165) is 12.2 Å². The van der Waals surface area contributed by atoms with Crippen LogP contribution in [0.25, 0.3) is 11.4 Å². The van der Waals surface area contributed by atoms with Crippen molar-refractivity contribution in [2.24, 2.45) is 0 Å². The molecule has 2 rings (SSSR count). The van der Waals surface area contributed by atoms with Crippen molar-refractivity contribution in [1.29, 1.82) is 0 Å². The Hall–Kier alpha value is -1.56. The predicted molar refractivity (Wildman–Crippen MR) is 75.8 cm³/mol. The summed E-state index contributed by atoms with van der Waals surface area (Å²) in [5, 5.41) is 8.61. The van der Waals surface area contributed by atoms with E-state index in [1.807, 2.05) is 0 Å². The van der Waals surface area contributed by atoms with Gasteiger partial charge in [-0.05, 0) is 18.6 Å². The van der Waals surface area contributed by atoms with Crippen molar-refractivity contribution in [3.63, 3.8) is 0 Å². The maximum Gasteiger partial charge on any atom is 0.210 e. The Morgan fingerprint density at radius 3 is 2.79 bits per heavy atom. The predicted octanol–water partition coefficient (Wildman–Crippen LogP) is 3.08. The molecule has 0 aliphatic heterocycles. The van der Waals surface area contributed by atoms with Gasteiger partial charge in [-0.1, -0.05) is 43.7 Å². The standard InChI is InChI=1S/C13H17FN4S/c1-2-3-6-9-19-13-17-16-12(18(13)15)10-7-4-5-8-11(10)14/h4-5,7-8H,2-3,6,9,15H2,1H3. The number of hydrogen-bond donors (Lipinski definition) is 1. The maximum atomic E-state index is 13.7. The van der Waals surface area contributed by atoms with Gasteiger partial charge in [-0.25, -0.2) is 9.07 Å². The van der Waals surface area contributed by atoms with Gasteiger partial charge in [0.2, 0.25) is 5.16 Å². The Labute approximate surface area is 116 Å². The van der Waals surface area contributed by atoms with E-state index in [9.17, 15) is 4.39 Å². The lowest BCUT2D eigenvalue weighted by Crippen LogP contribution is -2.12. The van der Waals surface area contributed by atoms with Crippen molar-refractivity contribution < 1.29 is 4.39 Å². The van der Waals surface area contributed by atoms with E-state index < -0.39 is 0 Å². The first-order valence-electron chi connectivity index (χ1n) is 6.32. The summed E-state index contributed by atoms with van der Waals surface area (Å²) in [6.45, 7) is 2.16. The van der Waals surface area contributed by atoms with Crippen LogP contribution in [0.3, 0.4) is 0 Å². The van der Waals surface area contributed by atoms with Crippen LogP contribution < -0.4 is 5.84 Å². The van der Waals surface area contributed by atoms with Gasteiger partial charge in [0.1, 0.15) is 5.82 Å². The molecule has 1 heterocycles. The Kier molecular flexibility index (Phi) is 4.79. The molecule has 0 atom stereocenters. The highest BCUT2D eigenvalue weighted by Gasteiger charge is 2.14. The topological polar surface area (TPSA) is 56.7 Å². The van der Waals surface area contributed by atoms with E-state index in [4.69, 9.17) is 5.84 Å². The molecule has 19 heavy (non-hydrogen) atoms. The van der Waals surface area contributed by atoms with E-state index >= 15 is 0 Å².